The van der Waals surface area contributed by atoms with Crippen molar-refractivity contribution >= 4 is 10.9 Å². The summed E-state index contributed by atoms with van der Waals surface area (Å²) in [5.41, 5.74) is 2.49. The van der Waals surface area contributed by atoms with Crippen LogP contribution in [0.5, 0.6) is 0 Å². The predicted octanol–water partition coefficient (Wildman–Crippen LogP) is 3.69. The van der Waals surface area contributed by atoms with Gasteiger partial charge in [-0.05, 0) is 42.6 Å². The Labute approximate surface area is 108 Å². The molecule has 1 aromatic heterocycles. The molecule has 1 aliphatic rings. The molecule has 1 atom stereocenters. The number of benzene rings is 1. The summed E-state index contributed by atoms with van der Waals surface area (Å²) in [5.74, 6) is 0.943. The van der Waals surface area contributed by atoms with E-state index in [0.717, 1.165) is 18.0 Å². The van der Waals surface area contributed by atoms with Crippen LogP contribution in [-0.4, -0.2) is 11.5 Å². The maximum Gasteiger partial charge on any atom is 0.0702 e. The number of nitrogens with one attached hydrogen (secondary N) is 1. The van der Waals surface area contributed by atoms with Gasteiger partial charge in [0.15, 0.2) is 0 Å². The Morgan fingerprint density at radius 1 is 1.33 bits per heavy atom. The van der Waals surface area contributed by atoms with Crippen molar-refractivity contribution in [3.63, 3.8) is 0 Å². The fraction of sp³-hybridized carbons (Fsp3) is 0.438. The van der Waals surface area contributed by atoms with Crippen molar-refractivity contribution in [1.82, 2.24) is 10.3 Å². The molecule has 0 spiro atoms. The molecule has 1 fully saturated rings. The Kier molecular flexibility index (Phi) is 3.28. The number of hydrogen-bond donors (Lipinski definition) is 1. The van der Waals surface area contributed by atoms with E-state index in [1.807, 2.05) is 12.3 Å². The van der Waals surface area contributed by atoms with E-state index in [1.165, 1.54) is 30.2 Å². The molecule has 1 heterocycles. The Balaban J connectivity index is 1.89. The zero-order valence-corrected chi connectivity index (χ0v) is 10.9. The minimum absolute atomic E-state index is 0.507. The second-order valence-electron chi connectivity index (χ2n) is 5.24. The third-order valence-electron chi connectivity index (χ3n) is 3.75. The topological polar surface area (TPSA) is 24.9 Å². The maximum atomic E-state index is 4.38. The number of fused-ring (bicyclic) bond motifs is 1. The van der Waals surface area contributed by atoms with Crippen molar-refractivity contribution in [3.05, 3.63) is 42.1 Å². The highest BCUT2D eigenvalue weighted by molar-refractivity contribution is 5.79. The van der Waals surface area contributed by atoms with Crippen LogP contribution in [0, 0.1) is 5.92 Å². The van der Waals surface area contributed by atoms with E-state index < -0.39 is 0 Å². The summed E-state index contributed by atoms with van der Waals surface area (Å²) in [6, 6.07) is 11.3. The summed E-state index contributed by atoms with van der Waals surface area (Å²) < 4.78 is 0. The molecule has 1 unspecified atom stereocenters. The highest BCUT2D eigenvalue weighted by Gasteiger charge is 2.25. The maximum absolute atomic E-state index is 4.38. The molecule has 0 bridgehead atoms. The van der Waals surface area contributed by atoms with Crippen LogP contribution in [-0.2, 0) is 0 Å². The number of hydrogen-bond acceptors (Lipinski definition) is 2. The summed E-state index contributed by atoms with van der Waals surface area (Å²) in [4.78, 5) is 4.38. The van der Waals surface area contributed by atoms with E-state index in [2.05, 4.69) is 41.5 Å². The van der Waals surface area contributed by atoms with Gasteiger partial charge >= 0.3 is 0 Å². The molecule has 1 aromatic carbocycles. The van der Waals surface area contributed by atoms with Gasteiger partial charge in [0.1, 0.15) is 0 Å². The monoisotopic (exact) mass is 240 g/mol. The van der Waals surface area contributed by atoms with Crippen molar-refractivity contribution in [1.29, 1.82) is 0 Å². The first kappa shape index (κ1) is 11.7. The smallest absolute Gasteiger partial charge is 0.0702 e. The molecule has 1 saturated carbocycles. The van der Waals surface area contributed by atoms with Crippen molar-refractivity contribution in [2.45, 2.75) is 32.2 Å². The summed E-state index contributed by atoms with van der Waals surface area (Å²) in [6.07, 6.45) is 5.96. The van der Waals surface area contributed by atoms with Crippen molar-refractivity contribution in [2.75, 3.05) is 6.54 Å². The molecule has 0 saturated heterocycles. The molecule has 1 aliphatic carbocycles. The molecule has 1 N–H and O–H groups in total. The SMILES string of the molecule is CCNC(CC1CC1)c1ccc2ncccc2c1. The number of rotatable bonds is 5. The van der Waals surface area contributed by atoms with Gasteiger partial charge in [-0.1, -0.05) is 31.9 Å². The van der Waals surface area contributed by atoms with Gasteiger partial charge in [-0.25, -0.2) is 0 Å². The van der Waals surface area contributed by atoms with Crippen LogP contribution >= 0.6 is 0 Å². The van der Waals surface area contributed by atoms with Crippen molar-refractivity contribution < 1.29 is 0 Å². The Morgan fingerprint density at radius 2 is 2.22 bits per heavy atom. The van der Waals surface area contributed by atoms with Crippen LogP contribution in [0.3, 0.4) is 0 Å². The molecule has 2 aromatic rings. The van der Waals surface area contributed by atoms with Crippen LogP contribution in [0.1, 0.15) is 37.8 Å². The molecule has 18 heavy (non-hydrogen) atoms. The number of pyridine rings is 1. The minimum atomic E-state index is 0.507. The quantitative estimate of drug-likeness (QED) is 0.862. The first-order chi connectivity index (χ1) is 8.86. The zero-order valence-electron chi connectivity index (χ0n) is 10.9. The van der Waals surface area contributed by atoms with Gasteiger partial charge in [-0.15, -0.1) is 0 Å². The van der Waals surface area contributed by atoms with Crippen LogP contribution in [0.4, 0.5) is 0 Å². The summed E-state index contributed by atoms with van der Waals surface area (Å²) >= 11 is 0. The summed E-state index contributed by atoms with van der Waals surface area (Å²) in [7, 11) is 0. The molecule has 0 aliphatic heterocycles. The largest absolute Gasteiger partial charge is 0.310 e. The minimum Gasteiger partial charge on any atom is -0.310 e. The molecule has 94 valence electrons. The summed E-state index contributed by atoms with van der Waals surface area (Å²) in [5, 5.41) is 4.86. The first-order valence-electron chi connectivity index (χ1n) is 6.95. The first-order valence-corrected chi connectivity index (χ1v) is 6.95. The third kappa shape index (κ3) is 2.54. The van der Waals surface area contributed by atoms with Gasteiger partial charge in [0.05, 0.1) is 5.52 Å². The lowest BCUT2D eigenvalue weighted by atomic mass is 9.99. The van der Waals surface area contributed by atoms with Crippen molar-refractivity contribution in [3.8, 4) is 0 Å². The normalized spacial score (nSPS) is 16.9. The molecule has 3 rings (SSSR count). The molecule has 2 heteroatoms. The lowest BCUT2D eigenvalue weighted by Gasteiger charge is -2.18. The third-order valence-corrected chi connectivity index (χ3v) is 3.75. The average molecular weight is 240 g/mol. The highest BCUT2D eigenvalue weighted by Crippen LogP contribution is 2.37. The second kappa shape index (κ2) is 5.07. The average Bonchev–Trinajstić information content (AvgIpc) is 3.22. The van der Waals surface area contributed by atoms with E-state index in [4.69, 9.17) is 0 Å². The van der Waals surface area contributed by atoms with Crippen molar-refractivity contribution in [2.24, 2.45) is 5.92 Å². The fourth-order valence-electron chi connectivity index (χ4n) is 2.58. The van der Waals surface area contributed by atoms with E-state index in [9.17, 15) is 0 Å². The molecular weight excluding hydrogens is 220 g/mol. The molecule has 0 radical (unpaired) electrons. The highest BCUT2D eigenvalue weighted by atomic mass is 14.9. The van der Waals surface area contributed by atoms with Gasteiger partial charge in [-0.2, -0.15) is 0 Å². The number of aromatic nitrogens is 1. The van der Waals surface area contributed by atoms with Crippen LogP contribution in [0.15, 0.2) is 36.5 Å². The lowest BCUT2D eigenvalue weighted by molar-refractivity contribution is 0.487. The van der Waals surface area contributed by atoms with E-state index in [-0.39, 0.29) is 0 Å². The van der Waals surface area contributed by atoms with Crippen LogP contribution < -0.4 is 5.32 Å². The van der Waals surface area contributed by atoms with Gasteiger partial charge in [0.2, 0.25) is 0 Å². The fourth-order valence-corrected chi connectivity index (χ4v) is 2.58. The van der Waals surface area contributed by atoms with Gasteiger partial charge in [0, 0.05) is 17.6 Å². The molecule has 0 amide bonds. The van der Waals surface area contributed by atoms with Gasteiger partial charge < -0.3 is 5.32 Å². The lowest BCUT2D eigenvalue weighted by Crippen LogP contribution is -2.21. The molecule has 2 nitrogen and oxygen atoms in total. The van der Waals surface area contributed by atoms with Gasteiger partial charge in [-0.3, -0.25) is 4.98 Å². The molecular formula is C16H20N2. The van der Waals surface area contributed by atoms with Gasteiger partial charge in [0.25, 0.3) is 0 Å². The predicted molar refractivity (Wildman–Crippen MR) is 75.5 cm³/mol. The van der Waals surface area contributed by atoms with Crippen LogP contribution in [0.2, 0.25) is 0 Å². The zero-order chi connectivity index (χ0) is 12.4. The van der Waals surface area contributed by atoms with E-state index in [1.54, 1.807) is 0 Å². The summed E-state index contributed by atoms with van der Waals surface area (Å²) in [6.45, 7) is 3.21. The second-order valence-corrected chi connectivity index (χ2v) is 5.24. The van der Waals surface area contributed by atoms with E-state index in [0.29, 0.717) is 6.04 Å². The standard InChI is InChI=1S/C16H20N2/c1-2-17-16(10-12-5-6-12)14-7-8-15-13(11-14)4-3-9-18-15/h3-4,7-9,11-12,16-17H,2,5-6,10H2,1H3. The Bertz CT molecular complexity index is 531. The Morgan fingerprint density at radius 3 is 3.00 bits per heavy atom. The van der Waals surface area contributed by atoms with E-state index >= 15 is 0 Å². The van der Waals surface area contributed by atoms with Crippen LogP contribution in [0.25, 0.3) is 10.9 Å². The Hall–Kier alpha value is -1.41. The number of nitrogens with zero attached hydrogens (tertiary/aromatic N) is 1.